The number of aromatic nitrogens is 2. The highest BCUT2D eigenvalue weighted by Gasteiger charge is 2.24. The summed E-state index contributed by atoms with van der Waals surface area (Å²) in [5.74, 6) is -0.000136. The topological polar surface area (TPSA) is 46.9 Å². The van der Waals surface area contributed by atoms with E-state index in [9.17, 15) is 4.79 Å². The zero-order chi connectivity index (χ0) is 12.3. The predicted molar refractivity (Wildman–Crippen MR) is 67.1 cm³/mol. The third-order valence-electron chi connectivity index (χ3n) is 3.40. The van der Waals surface area contributed by atoms with E-state index >= 15 is 0 Å². The second-order valence-corrected chi connectivity index (χ2v) is 4.71. The van der Waals surface area contributed by atoms with Crippen LogP contribution in [0, 0.1) is 0 Å². The summed E-state index contributed by atoms with van der Waals surface area (Å²) in [5, 5.41) is 7.30. The van der Waals surface area contributed by atoms with Crippen molar-refractivity contribution in [3.63, 3.8) is 0 Å². The number of fused-ring (bicyclic) bond motifs is 1. The van der Waals surface area contributed by atoms with E-state index in [4.69, 9.17) is 0 Å². The fourth-order valence-corrected chi connectivity index (χ4v) is 2.45. The standard InChI is InChI=1S/C13H21N3O/c1-3-4-5-9-14-13(17)12-10-7-6-8-11(10)16(2)15-12/h3-9H2,1-2H3,(H,14,17). The van der Waals surface area contributed by atoms with Gasteiger partial charge in [0.1, 0.15) is 0 Å². The van der Waals surface area contributed by atoms with Gasteiger partial charge in [0.15, 0.2) is 5.69 Å². The van der Waals surface area contributed by atoms with Gasteiger partial charge in [-0.25, -0.2) is 0 Å². The van der Waals surface area contributed by atoms with Crippen LogP contribution in [-0.4, -0.2) is 22.2 Å². The predicted octanol–water partition coefficient (Wildman–Crippen LogP) is 1.83. The quantitative estimate of drug-likeness (QED) is 0.791. The van der Waals surface area contributed by atoms with Crippen molar-refractivity contribution in [2.75, 3.05) is 6.54 Å². The maximum absolute atomic E-state index is 12.0. The number of nitrogens with one attached hydrogen (secondary N) is 1. The Hall–Kier alpha value is -1.32. The normalized spacial score (nSPS) is 13.8. The fourth-order valence-electron chi connectivity index (χ4n) is 2.45. The number of hydrogen-bond donors (Lipinski definition) is 1. The molecular formula is C13H21N3O. The van der Waals surface area contributed by atoms with Crippen molar-refractivity contribution in [1.29, 1.82) is 0 Å². The summed E-state index contributed by atoms with van der Waals surface area (Å²) in [7, 11) is 1.93. The number of carbonyl (C=O) groups excluding carboxylic acids is 1. The van der Waals surface area contributed by atoms with Gasteiger partial charge in [0.25, 0.3) is 5.91 Å². The lowest BCUT2D eigenvalue weighted by atomic mass is 10.2. The van der Waals surface area contributed by atoms with Gasteiger partial charge in [-0.1, -0.05) is 19.8 Å². The molecule has 4 nitrogen and oxygen atoms in total. The van der Waals surface area contributed by atoms with E-state index in [1.165, 1.54) is 24.1 Å². The zero-order valence-electron chi connectivity index (χ0n) is 10.8. The van der Waals surface area contributed by atoms with Gasteiger partial charge in [0.2, 0.25) is 0 Å². The minimum absolute atomic E-state index is 0.000136. The summed E-state index contributed by atoms with van der Waals surface area (Å²) in [6.45, 7) is 2.92. The van der Waals surface area contributed by atoms with Crippen LogP contribution in [0.5, 0.6) is 0 Å². The highest BCUT2D eigenvalue weighted by molar-refractivity contribution is 5.94. The van der Waals surface area contributed by atoms with Crippen LogP contribution in [0.15, 0.2) is 0 Å². The molecular weight excluding hydrogens is 214 g/mol. The molecule has 1 aromatic rings. The summed E-state index contributed by atoms with van der Waals surface area (Å²) in [4.78, 5) is 12.0. The monoisotopic (exact) mass is 235 g/mol. The van der Waals surface area contributed by atoms with Crippen molar-refractivity contribution in [2.45, 2.75) is 45.4 Å². The average molecular weight is 235 g/mol. The molecule has 0 spiro atoms. The van der Waals surface area contributed by atoms with Gasteiger partial charge in [0.05, 0.1) is 0 Å². The molecule has 0 saturated carbocycles. The van der Waals surface area contributed by atoms with E-state index in [1.807, 2.05) is 11.7 Å². The highest BCUT2D eigenvalue weighted by atomic mass is 16.1. The molecule has 0 aliphatic heterocycles. The summed E-state index contributed by atoms with van der Waals surface area (Å²) >= 11 is 0. The molecule has 1 aliphatic rings. The van der Waals surface area contributed by atoms with Crippen molar-refractivity contribution in [3.05, 3.63) is 17.0 Å². The number of rotatable bonds is 5. The summed E-state index contributed by atoms with van der Waals surface area (Å²) in [6.07, 6.45) is 6.60. The Morgan fingerprint density at radius 2 is 2.24 bits per heavy atom. The first-order valence-electron chi connectivity index (χ1n) is 6.57. The molecule has 0 unspecified atom stereocenters. The first kappa shape index (κ1) is 12.1. The van der Waals surface area contributed by atoms with Crippen LogP contribution in [0.1, 0.15) is 54.4 Å². The van der Waals surface area contributed by atoms with Crippen LogP contribution in [0.4, 0.5) is 0 Å². The largest absolute Gasteiger partial charge is 0.351 e. The van der Waals surface area contributed by atoms with E-state index in [0.717, 1.165) is 32.2 Å². The molecule has 1 N–H and O–H groups in total. The molecule has 1 aromatic heterocycles. The summed E-state index contributed by atoms with van der Waals surface area (Å²) in [6, 6.07) is 0. The minimum atomic E-state index is -0.000136. The van der Waals surface area contributed by atoms with Gasteiger partial charge in [-0.15, -0.1) is 0 Å². The smallest absolute Gasteiger partial charge is 0.272 e. The van der Waals surface area contributed by atoms with E-state index in [1.54, 1.807) is 0 Å². The number of hydrogen-bond acceptors (Lipinski definition) is 2. The molecule has 1 aliphatic carbocycles. The van der Waals surface area contributed by atoms with E-state index in [-0.39, 0.29) is 5.91 Å². The first-order valence-corrected chi connectivity index (χ1v) is 6.57. The van der Waals surface area contributed by atoms with Crippen molar-refractivity contribution in [2.24, 2.45) is 7.05 Å². The second-order valence-electron chi connectivity index (χ2n) is 4.71. The minimum Gasteiger partial charge on any atom is -0.351 e. The maximum Gasteiger partial charge on any atom is 0.272 e. The molecule has 1 heterocycles. The van der Waals surface area contributed by atoms with E-state index < -0.39 is 0 Å². The molecule has 2 rings (SSSR count). The fraction of sp³-hybridized carbons (Fsp3) is 0.692. The Morgan fingerprint density at radius 3 is 3.00 bits per heavy atom. The van der Waals surface area contributed by atoms with Crippen LogP contribution in [0.25, 0.3) is 0 Å². The molecule has 17 heavy (non-hydrogen) atoms. The Morgan fingerprint density at radius 1 is 1.41 bits per heavy atom. The van der Waals surface area contributed by atoms with Gasteiger partial charge in [-0.2, -0.15) is 5.10 Å². The van der Waals surface area contributed by atoms with Gasteiger partial charge in [-0.05, 0) is 25.7 Å². The molecule has 0 saturated heterocycles. The molecule has 0 fully saturated rings. The summed E-state index contributed by atoms with van der Waals surface area (Å²) in [5.41, 5.74) is 3.06. The van der Waals surface area contributed by atoms with Crippen molar-refractivity contribution in [1.82, 2.24) is 15.1 Å². The lowest BCUT2D eigenvalue weighted by Crippen LogP contribution is -2.25. The molecule has 94 valence electrons. The molecule has 0 atom stereocenters. The van der Waals surface area contributed by atoms with E-state index in [2.05, 4.69) is 17.3 Å². The van der Waals surface area contributed by atoms with Crippen molar-refractivity contribution < 1.29 is 4.79 Å². The Kier molecular flexibility index (Phi) is 3.82. The van der Waals surface area contributed by atoms with Crippen LogP contribution in [0.3, 0.4) is 0 Å². The number of nitrogens with zero attached hydrogens (tertiary/aromatic N) is 2. The van der Waals surface area contributed by atoms with Gasteiger partial charge >= 0.3 is 0 Å². The SMILES string of the molecule is CCCCCNC(=O)c1nn(C)c2c1CCC2. The lowest BCUT2D eigenvalue weighted by Gasteiger charge is -2.03. The Balaban J connectivity index is 1.98. The van der Waals surface area contributed by atoms with Crippen LogP contribution in [-0.2, 0) is 19.9 Å². The average Bonchev–Trinajstić information content (AvgIpc) is 2.89. The number of unbranched alkanes of at least 4 members (excludes halogenated alkanes) is 2. The molecule has 0 bridgehead atoms. The van der Waals surface area contributed by atoms with Crippen LogP contribution in [0.2, 0.25) is 0 Å². The van der Waals surface area contributed by atoms with E-state index in [0.29, 0.717) is 5.69 Å². The first-order chi connectivity index (χ1) is 8.24. The lowest BCUT2D eigenvalue weighted by molar-refractivity contribution is 0.0946. The Labute approximate surface area is 102 Å². The number of aryl methyl sites for hydroxylation is 1. The molecule has 4 heteroatoms. The van der Waals surface area contributed by atoms with Gasteiger partial charge < -0.3 is 5.32 Å². The third kappa shape index (κ3) is 2.51. The number of amides is 1. The molecule has 1 amide bonds. The summed E-state index contributed by atoms with van der Waals surface area (Å²) < 4.78 is 1.86. The molecule has 0 radical (unpaired) electrons. The third-order valence-corrected chi connectivity index (χ3v) is 3.40. The second kappa shape index (κ2) is 5.34. The van der Waals surface area contributed by atoms with Gasteiger partial charge in [0, 0.05) is 24.8 Å². The van der Waals surface area contributed by atoms with Crippen molar-refractivity contribution >= 4 is 5.91 Å². The van der Waals surface area contributed by atoms with Crippen LogP contribution >= 0.6 is 0 Å². The maximum atomic E-state index is 12.0. The van der Waals surface area contributed by atoms with Gasteiger partial charge in [-0.3, -0.25) is 9.48 Å². The molecule has 0 aromatic carbocycles. The van der Waals surface area contributed by atoms with Crippen molar-refractivity contribution in [3.8, 4) is 0 Å². The zero-order valence-corrected chi connectivity index (χ0v) is 10.8. The highest BCUT2D eigenvalue weighted by Crippen LogP contribution is 2.24. The number of carbonyl (C=O) groups is 1. The van der Waals surface area contributed by atoms with Crippen LogP contribution < -0.4 is 5.32 Å². The Bertz CT molecular complexity index is 409.